The number of carbonyl (C=O) groups excluding carboxylic acids is 2. The fourth-order valence-corrected chi connectivity index (χ4v) is 2.96. The van der Waals surface area contributed by atoms with Crippen molar-refractivity contribution in [2.45, 2.75) is 90.6 Å². The number of carbonyl (C=O) groups is 2. The largest absolute Gasteiger partial charge is 0.444 e. The van der Waals surface area contributed by atoms with E-state index in [1.165, 1.54) is 0 Å². The highest BCUT2D eigenvalue weighted by atomic mass is 16.6. The predicted molar refractivity (Wildman–Crippen MR) is 106 cm³/mol. The monoisotopic (exact) mass is 402 g/mol. The highest BCUT2D eigenvalue weighted by Crippen LogP contribution is 2.20. The Morgan fingerprint density at radius 3 is 1.86 bits per heavy atom. The van der Waals surface area contributed by atoms with E-state index in [1.807, 2.05) is 41.5 Å². The van der Waals surface area contributed by atoms with Crippen LogP contribution in [0.15, 0.2) is 0 Å². The van der Waals surface area contributed by atoms with Gasteiger partial charge in [-0.25, -0.2) is 9.59 Å². The van der Waals surface area contributed by atoms with Crippen molar-refractivity contribution in [2.75, 3.05) is 26.2 Å². The number of piperidine rings is 1. The van der Waals surface area contributed by atoms with Gasteiger partial charge in [-0.3, -0.25) is 0 Å². The van der Waals surface area contributed by atoms with Gasteiger partial charge >= 0.3 is 12.2 Å². The number of nitrogens with zero attached hydrogens (tertiary/aromatic N) is 2. The first kappa shape index (κ1) is 24.5. The number of amides is 2. The maximum Gasteiger partial charge on any atom is 0.410 e. The Morgan fingerprint density at radius 1 is 0.893 bits per heavy atom. The van der Waals surface area contributed by atoms with E-state index in [1.54, 1.807) is 9.80 Å². The molecule has 2 fully saturated rings. The number of ether oxygens (including phenoxy) is 2. The first-order chi connectivity index (χ1) is 12.8. The van der Waals surface area contributed by atoms with Crippen LogP contribution < -0.4 is 0 Å². The van der Waals surface area contributed by atoms with Crippen LogP contribution in [0.25, 0.3) is 0 Å². The number of aliphatic hydroxyl groups excluding tert-OH is 2. The van der Waals surface area contributed by atoms with Crippen molar-refractivity contribution in [2.24, 2.45) is 0 Å². The topological polar surface area (TPSA) is 99.5 Å². The molecule has 28 heavy (non-hydrogen) atoms. The van der Waals surface area contributed by atoms with Crippen LogP contribution in [0.1, 0.15) is 67.2 Å². The summed E-state index contributed by atoms with van der Waals surface area (Å²) in [5.74, 6) is 0. The molecule has 2 N–H and O–H groups in total. The van der Waals surface area contributed by atoms with E-state index in [4.69, 9.17) is 14.6 Å². The quantitative estimate of drug-likeness (QED) is 0.700. The summed E-state index contributed by atoms with van der Waals surface area (Å²) in [6.45, 7) is 13.0. The summed E-state index contributed by atoms with van der Waals surface area (Å²) in [7, 11) is 0. The zero-order valence-corrected chi connectivity index (χ0v) is 18.2. The summed E-state index contributed by atoms with van der Waals surface area (Å²) in [6, 6.07) is -0.0511. The summed E-state index contributed by atoms with van der Waals surface area (Å²) < 4.78 is 10.4. The fraction of sp³-hybridized carbons (Fsp3) is 0.900. The SMILES string of the molecule is CC(C)(C)OC(=O)N1CCC(O)CC1.CC(C)(C)OC(=O)N1CCCC1CO. The van der Waals surface area contributed by atoms with Crippen LogP contribution in [0.3, 0.4) is 0 Å². The van der Waals surface area contributed by atoms with Crippen LogP contribution in [0.4, 0.5) is 9.59 Å². The van der Waals surface area contributed by atoms with E-state index < -0.39 is 11.2 Å². The molecule has 0 aromatic heterocycles. The smallest absolute Gasteiger partial charge is 0.410 e. The Labute approximate surface area is 168 Å². The maximum absolute atomic E-state index is 11.6. The summed E-state index contributed by atoms with van der Waals surface area (Å²) in [6.07, 6.45) is 2.28. The van der Waals surface area contributed by atoms with Gasteiger partial charge in [0, 0.05) is 19.6 Å². The van der Waals surface area contributed by atoms with Gasteiger partial charge in [-0.1, -0.05) is 0 Å². The lowest BCUT2D eigenvalue weighted by atomic mass is 10.1. The second kappa shape index (κ2) is 10.3. The number of likely N-dealkylation sites (tertiary alicyclic amines) is 2. The molecule has 1 atom stereocenters. The van der Waals surface area contributed by atoms with Gasteiger partial charge in [0.05, 0.1) is 18.8 Å². The Hall–Kier alpha value is -1.54. The van der Waals surface area contributed by atoms with Gasteiger partial charge in [-0.15, -0.1) is 0 Å². The molecule has 2 rings (SSSR count). The van der Waals surface area contributed by atoms with Crippen molar-refractivity contribution >= 4 is 12.2 Å². The predicted octanol–water partition coefficient (Wildman–Crippen LogP) is 2.76. The van der Waals surface area contributed by atoms with Crippen LogP contribution in [0.5, 0.6) is 0 Å². The molecule has 0 bridgehead atoms. The summed E-state index contributed by atoms with van der Waals surface area (Å²) >= 11 is 0. The van der Waals surface area contributed by atoms with Gasteiger partial charge in [-0.05, 0) is 67.2 Å². The van der Waals surface area contributed by atoms with E-state index in [2.05, 4.69) is 0 Å². The molecule has 0 saturated carbocycles. The van der Waals surface area contributed by atoms with Crippen molar-refractivity contribution in [1.29, 1.82) is 0 Å². The van der Waals surface area contributed by atoms with Crippen LogP contribution in [-0.2, 0) is 9.47 Å². The molecule has 8 nitrogen and oxygen atoms in total. The van der Waals surface area contributed by atoms with Gasteiger partial charge in [0.15, 0.2) is 0 Å². The highest BCUT2D eigenvalue weighted by molar-refractivity contribution is 5.69. The molecule has 164 valence electrons. The Morgan fingerprint density at radius 2 is 1.39 bits per heavy atom. The van der Waals surface area contributed by atoms with Gasteiger partial charge in [0.1, 0.15) is 11.2 Å². The van der Waals surface area contributed by atoms with Gasteiger partial charge in [-0.2, -0.15) is 0 Å². The van der Waals surface area contributed by atoms with E-state index >= 15 is 0 Å². The zero-order chi connectivity index (χ0) is 21.5. The zero-order valence-electron chi connectivity index (χ0n) is 18.2. The van der Waals surface area contributed by atoms with Crippen LogP contribution in [-0.4, -0.2) is 81.8 Å². The van der Waals surface area contributed by atoms with Crippen LogP contribution in [0, 0.1) is 0 Å². The fourth-order valence-electron chi connectivity index (χ4n) is 2.96. The number of rotatable bonds is 1. The second-order valence-corrected chi connectivity index (χ2v) is 9.35. The molecule has 8 heteroatoms. The molecule has 2 saturated heterocycles. The molecule has 2 aliphatic heterocycles. The number of aliphatic hydroxyl groups is 2. The first-order valence-corrected chi connectivity index (χ1v) is 10.1. The van der Waals surface area contributed by atoms with E-state index in [-0.39, 0.29) is 30.9 Å². The molecule has 2 amide bonds. The molecule has 0 aromatic carbocycles. The Balaban J connectivity index is 0.000000280. The minimum Gasteiger partial charge on any atom is -0.444 e. The Bertz CT molecular complexity index is 504. The minimum atomic E-state index is -0.459. The normalized spacial score (nSPS) is 21.1. The van der Waals surface area contributed by atoms with E-state index in [9.17, 15) is 14.7 Å². The third-order valence-corrected chi connectivity index (χ3v) is 4.33. The second-order valence-electron chi connectivity index (χ2n) is 9.35. The molecule has 0 spiro atoms. The summed E-state index contributed by atoms with van der Waals surface area (Å²) in [5, 5.41) is 18.3. The van der Waals surface area contributed by atoms with Crippen molar-refractivity contribution < 1.29 is 29.3 Å². The van der Waals surface area contributed by atoms with E-state index in [0.717, 1.165) is 12.8 Å². The number of hydrogen-bond acceptors (Lipinski definition) is 6. The summed E-state index contributed by atoms with van der Waals surface area (Å²) in [5.41, 5.74) is -0.896. The molecule has 0 radical (unpaired) electrons. The molecular formula is C20H38N2O6. The van der Waals surface area contributed by atoms with Crippen molar-refractivity contribution in [1.82, 2.24) is 9.80 Å². The molecule has 2 heterocycles. The lowest BCUT2D eigenvalue weighted by molar-refractivity contribution is 0.00992. The van der Waals surface area contributed by atoms with Gasteiger partial charge in [0.2, 0.25) is 0 Å². The molecule has 0 aliphatic carbocycles. The van der Waals surface area contributed by atoms with Gasteiger partial charge < -0.3 is 29.5 Å². The molecule has 0 aromatic rings. The molecular weight excluding hydrogens is 364 g/mol. The third kappa shape index (κ3) is 9.10. The average molecular weight is 403 g/mol. The van der Waals surface area contributed by atoms with E-state index in [0.29, 0.717) is 32.5 Å². The van der Waals surface area contributed by atoms with Crippen molar-refractivity contribution in [3.8, 4) is 0 Å². The Kier molecular flexibility index (Phi) is 9.01. The standard InChI is InChI=1S/2C10H19NO3/c1-10(2,3)14-9(13)11-6-4-8(12)5-7-11;1-10(2,3)14-9(13)11-6-4-5-8(11)7-12/h2*8,12H,4-7H2,1-3H3. The molecule has 1 unspecified atom stereocenters. The van der Waals surface area contributed by atoms with Crippen molar-refractivity contribution in [3.63, 3.8) is 0 Å². The lowest BCUT2D eigenvalue weighted by Gasteiger charge is -2.31. The van der Waals surface area contributed by atoms with Crippen molar-refractivity contribution in [3.05, 3.63) is 0 Å². The van der Waals surface area contributed by atoms with Gasteiger partial charge in [0.25, 0.3) is 0 Å². The maximum atomic E-state index is 11.6. The van der Waals surface area contributed by atoms with Crippen LogP contribution >= 0.6 is 0 Å². The number of hydrogen-bond donors (Lipinski definition) is 2. The molecule has 2 aliphatic rings. The first-order valence-electron chi connectivity index (χ1n) is 10.1. The highest BCUT2D eigenvalue weighted by Gasteiger charge is 2.31. The minimum absolute atomic E-state index is 0.0270. The summed E-state index contributed by atoms with van der Waals surface area (Å²) in [4.78, 5) is 26.4. The lowest BCUT2D eigenvalue weighted by Crippen LogP contribution is -2.42. The van der Waals surface area contributed by atoms with Crippen LogP contribution in [0.2, 0.25) is 0 Å². The third-order valence-electron chi connectivity index (χ3n) is 4.33. The average Bonchev–Trinajstić information content (AvgIpc) is 3.01.